The molecule has 2 heteroatoms. The molecule has 0 aliphatic rings. The van der Waals surface area contributed by atoms with Crippen molar-refractivity contribution in [3.8, 4) is 0 Å². The average molecular weight is 383 g/mol. The quantitative estimate of drug-likeness (QED) is 0.781. The van der Waals surface area contributed by atoms with Crippen LogP contribution in [-0.4, -0.2) is 12.2 Å². The second-order valence-corrected chi connectivity index (χ2v) is 4.03. The van der Waals surface area contributed by atoms with Gasteiger partial charge in [0.05, 0.1) is 0 Å². The monoisotopic (exact) mass is 383 g/mol. The van der Waals surface area contributed by atoms with Crippen LogP contribution < -0.4 is 10.4 Å². The Kier molecular flexibility index (Phi) is 14.1. The maximum Gasteiger partial charge on any atom is 0.0319 e. The molecule has 0 aliphatic heterocycles. The molecule has 2 aromatic carbocycles. The summed E-state index contributed by atoms with van der Waals surface area (Å²) in [7, 11) is 1.00. The van der Waals surface area contributed by atoms with Crippen molar-refractivity contribution < 1.29 is 37.8 Å². The molecule has 0 saturated heterocycles. The molecule has 0 aliphatic carbocycles. The van der Waals surface area contributed by atoms with Gasteiger partial charge in [-0.15, -0.1) is 24.8 Å². The van der Waals surface area contributed by atoms with Crippen molar-refractivity contribution in [2.75, 3.05) is 7.11 Å². The fourth-order valence-corrected chi connectivity index (χ4v) is 2.45. The minimum absolute atomic E-state index is 0. The Morgan fingerprint density at radius 1 is 1.13 bits per heavy atom. The summed E-state index contributed by atoms with van der Waals surface area (Å²) in [4.78, 5) is 0. The Bertz CT molecular complexity index is 743. The molecule has 1 N–H and O–H groups in total. The Labute approximate surface area is 166 Å². The van der Waals surface area contributed by atoms with E-state index in [4.69, 9.17) is 5.11 Å². The van der Waals surface area contributed by atoms with Crippen molar-refractivity contribution in [1.82, 2.24) is 0 Å². The Hall–Kier alpha value is -1.02. The minimum atomic E-state index is 0. The van der Waals surface area contributed by atoms with Crippen LogP contribution in [-0.2, 0) is 32.7 Å². The van der Waals surface area contributed by atoms with E-state index in [1.54, 1.807) is 0 Å². The van der Waals surface area contributed by atoms with E-state index in [0.717, 1.165) is 23.6 Å². The molecule has 0 amide bonds. The van der Waals surface area contributed by atoms with Crippen LogP contribution in [0.25, 0.3) is 29.0 Å². The Morgan fingerprint density at radius 2 is 1.70 bits per heavy atom. The molecule has 2 aromatic rings. The van der Waals surface area contributed by atoms with Crippen molar-refractivity contribution >= 4 is 29.0 Å². The van der Waals surface area contributed by atoms with Gasteiger partial charge in [-0.3, -0.25) is 5.56 Å². The SMILES string of the molecule is C=[C-]c1c(C=C)c(=C/C)/c(=C\C)c2ccc[c-]c12.CC.CO.[Y]. The van der Waals surface area contributed by atoms with E-state index in [-0.39, 0.29) is 32.7 Å². The van der Waals surface area contributed by atoms with Crippen molar-refractivity contribution in [2.45, 2.75) is 27.7 Å². The smallest absolute Gasteiger partial charge is 0.0319 e. The third-order valence-corrected chi connectivity index (χ3v) is 3.20. The van der Waals surface area contributed by atoms with Gasteiger partial charge in [0.1, 0.15) is 0 Å². The summed E-state index contributed by atoms with van der Waals surface area (Å²) in [5.41, 5.74) is 2.06. The Morgan fingerprint density at radius 3 is 2.13 bits per heavy atom. The van der Waals surface area contributed by atoms with E-state index < -0.39 is 0 Å². The standard InChI is InChI=1S/C18H16.C2H6.CH4O.Y/c1-5-13-14(6-2)16(8-4)18-12-10-9-11-17(18)15(13)7-3;2*1-2;/h5-6,8-10,12H,1,3H2,2,4H3;1-2H3;2H,1H3;/q-2;;;/b14-6-,16-8+;;;. The van der Waals surface area contributed by atoms with Gasteiger partial charge in [-0.25, -0.2) is 17.5 Å². The molecule has 0 saturated carbocycles. The molecule has 0 fully saturated rings. The molecule has 0 heterocycles. The van der Waals surface area contributed by atoms with Gasteiger partial charge in [-0.1, -0.05) is 36.4 Å². The van der Waals surface area contributed by atoms with Crippen LogP contribution in [0.15, 0.2) is 31.4 Å². The normalized spacial score (nSPS) is 10.7. The number of fused-ring (bicyclic) bond motifs is 1. The van der Waals surface area contributed by atoms with Gasteiger partial charge in [0.25, 0.3) is 0 Å². The molecule has 23 heavy (non-hydrogen) atoms. The molecule has 1 radical (unpaired) electrons. The van der Waals surface area contributed by atoms with Crippen LogP contribution in [0.3, 0.4) is 0 Å². The molecule has 0 aromatic heterocycles. The Balaban J connectivity index is 0. The van der Waals surface area contributed by atoms with Crippen LogP contribution in [0.5, 0.6) is 0 Å². The fraction of sp³-hybridized carbons (Fsp3) is 0.238. The van der Waals surface area contributed by atoms with Crippen molar-refractivity contribution in [3.05, 3.63) is 65.1 Å². The fourth-order valence-electron chi connectivity index (χ4n) is 2.45. The molecule has 1 nitrogen and oxygen atoms in total. The van der Waals surface area contributed by atoms with E-state index in [9.17, 15) is 0 Å². The van der Waals surface area contributed by atoms with E-state index in [0.29, 0.717) is 0 Å². The van der Waals surface area contributed by atoms with Crippen LogP contribution >= 0.6 is 0 Å². The summed E-state index contributed by atoms with van der Waals surface area (Å²) >= 11 is 0. The number of aliphatic hydroxyl groups is 1. The summed E-state index contributed by atoms with van der Waals surface area (Å²) in [5, 5.41) is 11.6. The van der Waals surface area contributed by atoms with E-state index in [1.165, 1.54) is 15.8 Å². The summed E-state index contributed by atoms with van der Waals surface area (Å²) in [6, 6.07) is 9.33. The van der Waals surface area contributed by atoms with Gasteiger partial charge in [0.2, 0.25) is 0 Å². The molecule has 0 unspecified atom stereocenters. The van der Waals surface area contributed by atoms with Crippen LogP contribution in [0.2, 0.25) is 0 Å². The number of benzene rings is 2. The van der Waals surface area contributed by atoms with Gasteiger partial charge < -0.3 is 5.11 Å². The molecule has 0 spiro atoms. The zero-order valence-electron chi connectivity index (χ0n) is 14.9. The van der Waals surface area contributed by atoms with Gasteiger partial charge in [0, 0.05) is 39.8 Å². The third-order valence-electron chi connectivity index (χ3n) is 3.20. The molecular formula is C21H26OY-2. The predicted octanol–water partition coefficient (Wildman–Crippen LogP) is 3.85. The first-order valence-electron chi connectivity index (χ1n) is 7.47. The first-order valence-corrected chi connectivity index (χ1v) is 7.47. The predicted molar refractivity (Wildman–Crippen MR) is 99.9 cm³/mol. The summed E-state index contributed by atoms with van der Waals surface area (Å²) < 4.78 is 0. The second-order valence-electron chi connectivity index (χ2n) is 4.03. The topological polar surface area (TPSA) is 20.2 Å². The maximum absolute atomic E-state index is 7.00. The zero-order chi connectivity index (χ0) is 17.1. The first-order chi connectivity index (χ1) is 10.8. The molecule has 2 rings (SSSR count). The van der Waals surface area contributed by atoms with E-state index in [1.807, 2.05) is 39.0 Å². The van der Waals surface area contributed by atoms with Gasteiger partial charge in [-0.2, -0.15) is 23.6 Å². The van der Waals surface area contributed by atoms with Crippen LogP contribution in [0.1, 0.15) is 38.8 Å². The third kappa shape index (κ3) is 5.24. The van der Waals surface area contributed by atoms with Gasteiger partial charge in [-0.05, 0) is 13.8 Å². The van der Waals surface area contributed by atoms with Crippen LogP contribution in [0.4, 0.5) is 0 Å². The zero-order valence-corrected chi connectivity index (χ0v) is 17.7. The molecule has 121 valence electrons. The summed E-state index contributed by atoms with van der Waals surface area (Å²) in [6.45, 7) is 15.8. The van der Waals surface area contributed by atoms with Crippen LogP contribution in [0, 0.1) is 12.1 Å². The van der Waals surface area contributed by atoms with E-state index >= 15 is 0 Å². The minimum Gasteiger partial charge on any atom is -0.400 e. The molecule has 0 atom stereocenters. The van der Waals surface area contributed by atoms with Gasteiger partial charge >= 0.3 is 0 Å². The van der Waals surface area contributed by atoms with Gasteiger partial charge in [0.15, 0.2) is 0 Å². The number of hydrogen-bond donors (Lipinski definition) is 1. The summed E-state index contributed by atoms with van der Waals surface area (Å²) in [5.74, 6) is 0. The van der Waals surface area contributed by atoms with E-state index in [2.05, 4.69) is 50.4 Å². The van der Waals surface area contributed by atoms with Crippen molar-refractivity contribution in [2.24, 2.45) is 0 Å². The average Bonchev–Trinajstić information content (AvgIpc) is 2.62. The number of aliphatic hydroxyl groups excluding tert-OH is 1. The first kappa shape index (κ1) is 24.2. The van der Waals surface area contributed by atoms with Crippen molar-refractivity contribution in [3.63, 3.8) is 0 Å². The number of hydrogen-bond acceptors (Lipinski definition) is 1. The molecular weight excluding hydrogens is 357 g/mol. The summed E-state index contributed by atoms with van der Waals surface area (Å²) in [6.07, 6.45) is 9.14. The largest absolute Gasteiger partial charge is 0.400 e. The number of rotatable bonds is 2. The molecule has 0 bridgehead atoms. The van der Waals surface area contributed by atoms with Crippen molar-refractivity contribution in [1.29, 1.82) is 0 Å². The second kappa shape index (κ2) is 13.4. The maximum atomic E-state index is 7.00.